The van der Waals surface area contributed by atoms with Gasteiger partial charge in [0.15, 0.2) is 0 Å². The Morgan fingerprint density at radius 3 is 2.83 bits per heavy atom. The van der Waals surface area contributed by atoms with Crippen molar-refractivity contribution in [2.24, 2.45) is 0 Å². The van der Waals surface area contributed by atoms with E-state index >= 15 is 0 Å². The third-order valence-corrected chi connectivity index (χ3v) is 2.46. The smallest absolute Gasteiger partial charge is 0.266 e. The lowest BCUT2D eigenvalue weighted by atomic mass is 10.2. The summed E-state index contributed by atoms with van der Waals surface area (Å²) in [6.45, 7) is 2.45. The summed E-state index contributed by atoms with van der Waals surface area (Å²) < 4.78 is 1.32. The van der Waals surface area contributed by atoms with Crippen molar-refractivity contribution in [3.8, 4) is 17.5 Å². The minimum Gasteiger partial charge on any atom is -0.266 e. The predicted octanol–water partition coefficient (Wildman–Crippen LogP) is 1.59. The number of rotatable bonds is 3. The summed E-state index contributed by atoms with van der Waals surface area (Å²) in [5.41, 5.74) is 0.942. The Morgan fingerprint density at radius 2 is 2.22 bits per heavy atom. The zero-order chi connectivity index (χ0) is 13.0. The maximum Gasteiger partial charge on any atom is 0.284 e. The molecule has 0 aliphatic heterocycles. The molecule has 18 heavy (non-hydrogen) atoms. The summed E-state index contributed by atoms with van der Waals surface area (Å²) in [5, 5.41) is 13.2. The Balaban J connectivity index is 2.60. The van der Waals surface area contributed by atoms with Gasteiger partial charge in [-0.1, -0.05) is 13.0 Å². The molecule has 0 bridgehead atoms. The van der Waals surface area contributed by atoms with Crippen LogP contribution in [0.1, 0.15) is 18.9 Å². The van der Waals surface area contributed by atoms with Gasteiger partial charge in [-0.05, 0) is 24.6 Å². The molecule has 0 saturated carbocycles. The second kappa shape index (κ2) is 5.23. The van der Waals surface area contributed by atoms with Crippen LogP contribution in [-0.4, -0.2) is 14.8 Å². The van der Waals surface area contributed by atoms with Crippen molar-refractivity contribution in [3.63, 3.8) is 0 Å². The Morgan fingerprint density at radius 1 is 1.39 bits per heavy atom. The molecule has 5 nitrogen and oxygen atoms in total. The van der Waals surface area contributed by atoms with Crippen LogP contribution in [-0.2, 0) is 6.54 Å². The maximum atomic E-state index is 11.8. The first-order valence-corrected chi connectivity index (χ1v) is 5.70. The van der Waals surface area contributed by atoms with Crippen molar-refractivity contribution in [1.29, 1.82) is 5.26 Å². The first-order chi connectivity index (χ1) is 8.76. The first kappa shape index (κ1) is 12.0. The fourth-order valence-corrected chi connectivity index (χ4v) is 1.62. The zero-order valence-electron chi connectivity index (χ0n) is 10.00. The molecule has 2 aromatic rings. The van der Waals surface area contributed by atoms with Gasteiger partial charge >= 0.3 is 0 Å². The van der Waals surface area contributed by atoms with Gasteiger partial charge in [0.1, 0.15) is 17.3 Å². The summed E-state index contributed by atoms with van der Waals surface area (Å²) in [7, 11) is 0. The molecule has 0 aromatic carbocycles. The van der Waals surface area contributed by atoms with E-state index in [0.29, 0.717) is 17.9 Å². The van der Waals surface area contributed by atoms with E-state index < -0.39 is 0 Å². The maximum absolute atomic E-state index is 11.8. The SMILES string of the molecule is CCCn1nc(-c2ccccn2)cc(C#N)c1=O. The third-order valence-electron chi connectivity index (χ3n) is 2.46. The highest BCUT2D eigenvalue weighted by Crippen LogP contribution is 2.12. The summed E-state index contributed by atoms with van der Waals surface area (Å²) in [4.78, 5) is 16.0. The molecule has 0 atom stereocenters. The Hall–Kier alpha value is -2.48. The summed E-state index contributed by atoms with van der Waals surface area (Å²) in [6.07, 6.45) is 2.43. The van der Waals surface area contributed by atoms with Crippen LogP contribution in [0, 0.1) is 11.3 Å². The number of aryl methyl sites for hydroxylation is 1. The molecular weight excluding hydrogens is 228 g/mol. The van der Waals surface area contributed by atoms with Gasteiger partial charge in [-0.25, -0.2) is 4.68 Å². The van der Waals surface area contributed by atoms with Crippen molar-refractivity contribution >= 4 is 0 Å². The number of hydrogen-bond acceptors (Lipinski definition) is 4. The van der Waals surface area contributed by atoms with Crippen molar-refractivity contribution in [1.82, 2.24) is 14.8 Å². The largest absolute Gasteiger partial charge is 0.284 e. The van der Waals surface area contributed by atoms with Gasteiger partial charge < -0.3 is 0 Å². The molecule has 2 heterocycles. The molecule has 0 N–H and O–H groups in total. The van der Waals surface area contributed by atoms with Crippen molar-refractivity contribution in [2.45, 2.75) is 19.9 Å². The molecular formula is C13H12N4O. The molecule has 0 spiro atoms. The summed E-state index contributed by atoms with van der Waals surface area (Å²) in [6, 6.07) is 8.82. The average Bonchev–Trinajstić information content (AvgIpc) is 2.42. The zero-order valence-corrected chi connectivity index (χ0v) is 10.00. The van der Waals surface area contributed by atoms with Crippen LogP contribution in [0.4, 0.5) is 0 Å². The minimum atomic E-state index is -0.348. The second-order valence-corrected chi connectivity index (χ2v) is 3.80. The van der Waals surface area contributed by atoms with Crippen molar-refractivity contribution < 1.29 is 0 Å². The van der Waals surface area contributed by atoms with E-state index in [1.807, 2.05) is 19.1 Å². The van der Waals surface area contributed by atoms with Crippen LogP contribution in [0.25, 0.3) is 11.4 Å². The van der Waals surface area contributed by atoms with E-state index in [1.165, 1.54) is 10.7 Å². The van der Waals surface area contributed by atoms with E-state index in [2.05, 4.69) is 10.1 Å². The van der Waals surface area contributed by atoms with Crippen LogP contribution < -0.4 is 5.56 Å². The van der Waals surface area contributed by atoms with Crippen LogP contribution in [0.2, 0.25) is 0 Å². The molecule has 0 amide bonds. The highest BCUT2D eigenvalue weighted by Gasteiger charge is 2.09. The van der Waals surface area contributed by atoms with Gasteiger partial charge in [0.2, 0.25) is 0 Å². The molecule has 0 unspecified atom stereocenters. The first-order valence-electron chi connectivity index (χ1n) is 5.70. The molecule has 0 fully saturated rings. The normalized spacial score (nSPS) is 10.0. The predicted molar refractivity (Wildman–Crippen MR) is 66.7 cm³/mol. The Kier molecular flexibility index (Phi) is 3.49. The summed E-state index contributed by atoms with van der Waals surface area (Å²) >= 11 is 0. The minimum absolute atomic E-state index is 0.0964. The Labute approximate surface area is 104 Å². The fraction of sp³-hybridized carbons (Fsp3) is 0.231. The van der Waals surface area contributed by atoms with Gasteiger partial charge in [-0.2, -0.15) is 10.4 Å². The molecule has 0 aliphatic rings. The fourth-order valence-electron chi connectivity index (χ4n) is 1.62. The van der Waals surface area contributed by atoms with Crippen LogP contribution >= 0.6 is 0 Å². The average molecular weight is 240 g/mol. The molecule has 90 valence electrons. The lowest BCUT2D eigenvalue weighted by molar-refractivity contribution is 0.569. The van der Waals surface area contributed by atoms with E-state index in [1.54, 1.807) is 18.3 Å². The third kappa shape index (κ3) is 2.28. The molecule has 0 aliphatic carbocycles. The quantitative estimate of drug-likeness (QED) is 0.816. The highest BCUT2D eigenvalue weighted by atomic mass is 16.1. The van der Waals surface area contributed by atoms with Gasteiger partial charge in [-0.3, -0.25) is 9.78 Å². The topological polar surface area (TPSA) is 71.6 Å². The molecule has 2 rings (SSSR count). The van der Waals surface area contributed by atoms with E-state index in [-0.39, 0.29) is 11.1 Å². The van der Waals surface area contributed by atoms with Gasteiger partial charge in [0, 0.05) is 12.7 Å². The number of nitrogens with zero attached hydrogens (tertiary/aromatic N) is 4. The van der Waals surface area contributed by atoms with Crippen LogP contribution in [0.3, 0.4) is 0 Å². The number of hydrogen-bond donors (Lipinski definition) is 0. The van der Waals surface area contributed by atoms with Crippen molar-refractivity contribution in [3.05, 3.63) is 46.4 Å². The molecule has 0 radical (unpaired) electrons. The second-order valence-electron chi connectivity index (χ2n) is 3.80. The van der Waals surface area contributed by atoms with Crippen LogP contribution in [0.15, 0.2) is 35.3 Å². The van der Waals surface area contributed by atoms with E-state index in [4.69, 9.17) is 5.26 Å². The van der Waals surface area contributed by atoms with E-state index in [9.17, 15) is 4.79 Å². The van der Waals surface area contributed by atoms with Gasteiger partial charge in [0.05, 0.1) is 5.69 Å². The lowest BCUT2D eigenvalue weighted by Crippen LogP contribution is -2.25. The number of nitriles is 1. The standard InChI is InChI=1S/C13H12N4O/c1-2-7-17-13(18)10(9-14)8-12(16-17)11-5-3-4-6-15-11/h3-6,8H,2,7H2,1H3. The molecule has 0 saturated heterocycles. The Bertz CT molecular complexity index is 640. The number of aromatic nitrogens is 3. The van der Waals surface area contributed by atoms with Crippen molar-refractivity contribution in [2.75, 3.05) is 0 Å². The van der Waals surface area contributed by atoms with Crippen LogP contribution in [0.5, 0.6) is 0 Å². The lowest BCUT2D eigenvalue weighted by Gasteiger charge is -2.06. The summed E-state index contributed by atoms with van der Waals surface area (Å²) in [5.74, 6) is 0. The molecule has 5 heteroatoms. The highest BCUT2D eigenvalue weighted by molar-refractivity contribution is 5.55. The number of pyridine rings is 1. The monoisotopic (exact) mass is 240 g/mol. The molecule has 2 aromatic heterocycles. The van der Waals surface area contributed by atoms with Gasteiger partial charge in [0.25, 0.3) is 5.56 Å². The van der Waals surface area contributed by atoms with E-state index in [0.717, 1.165) is 6.42 Å². The van der Waals surface area contributed by atoms with Gasteiger partial charge in [-0.15, -0.1) is 0 Å².